The second kappa shape index (κ2) is 6.25. The van der Waals surface area contributed by atoms with Crippen LogP contribution in [0.25, 0.3) is 11.4 Å². The van der Waals surface area contributed by atoms with Crippen molar-refractivity contribution in [3.05, 3.63) is 35.7 Å². The number of methoxy groups -OCH3 is 1. The predicted molar refractivity (Wildman–Crippen MR) is 77.2 cm³/mol. The molecular weight excluding hydrogens is 286 g/mol. The SMILES string of the molecule is COC(=O)c1cccc(-c2noc([C@H]3NCCO[C@@H]3C)n2)c1. The Morgan fingerprint density at radius 1 is 1.45 bits per heavy atom. The lowest BCUT2D eigenvalue weighted by atomic mass is 10.1. The van der Waals surface area contributed by atoms with E-state index in [4.69, 9.17) is 14.0 Å². The van der Waals surface area contributed by atoms with Gasteiger partial charge in [-0.3, -0.25) is 0 Å². The molecule has 1 saturated heterocycles. The number of esters is 1. The van der Waals surface area contributed by atoms with E-state index in [2.05, 4.69) is 15.5 Å². The molecule has 7 nitrogen and oxygen atoms in total. The minimum absolute atomic E-state index is 0.0385. The van der Waals surface area contributed by atoms with Crippen LogP contribution in [0.2, 0.25) is 0 Å². The van der Waals surface area contributed by atoms with Crippen molar-refractivity contribution in [1.29, 1.82) is 0 Å². The van der Waals surface area contributed by atoms with Crippen molar-refractivity contribution in [2.45, 2.75) is 19.1 Å². The lowest BCUT2D eigenvalue weighted by Crippen LogP contribution is -2.40. The average Bonchev–Trinajstić information content (AvgIpc) is 3.04. The van der Waals surface area contributed by atoms with Crippen LogP contribution in [0.1, 0.15) is 29.2 Å². The molecule has 116 valence electrons. The maximum Gasteiger partial charge on any atom is 0.337 e. The average molecular weight is 303 g/mol. The van der Waals surface area contributed by atoms with Crippen molar-refractivity contribution in [3.8, 4) is 11.4 Å². The Labute approximate surface area is 127 Å². The van der Waals surface area contributed by atoms with Crippen molar-refractivity contribution in [2.75, 3.05) is 20.3 Å². The molecule has 1 aliphatic rings. The van der Waals surface area contributed by atoms with Gasteiger partial charge in [0.15, 0.2) is 0 Å². The number of nitrogens with zero attached hydrogens (tertiary/aromatic N) is 2. The molecule has 1 N–H and O–H groups in total. The number of hydrogen-bond donors (Lipinski definition) is 1. The largest absolute Gasteiger partial charge is 0.465 e. The molecule has 1 aliphatic heterocycles. The fourth-order valence-electron chi connectivity index (χ4n) is 2.39. The van der Waals surface area contributed by atoms with E-state index in [0.29, 0.717) is 29.4 Å². The molecule has 3 rings (SSSR count). The summed E-state index contributed by atoms with van der Waals surface area (Å²) in [5.74, 6) is 0.507. The highest BCUT2D eigenvalue weighted by molar-refractivity contribution is 5.90. The molecule has 7 heteroatoms. The normalized spacial score (nSPS) is 21.5. The van der Waals surface area contributed by atoms with Gasteiger partial charge in [-0.25, -0.2) is 4.79 Å². The van der Waals surface area contributed by atoms with Crippen LogP contribution in [0.3, 0.4) is 0 Å². The lowest BCUT2D eigenvalue weighted by molar-refractivity contribution is -0.00136. The van der Waals surface area contributed by atoms with E-state index in [1.807, 2.05) is 13.0 Å². The number of carbonyl (C=O) groups is 1. The topological polar surface area (TPSA) is 86.5 Å². The first-order valence-corrected chi connectivity index (χ1v) is 7.06. The van der Waals surface area contributed by atoms with Crippen LogP contribution >= 0.6 is 0 Å². The fourth-order valence-corrected chi connectivity index (χ4v) is 2.39. The molecule has 0 bridgehead atoms. The molecular formula is C15H17N3O4. The first-order valence-electron chi connectivity index (χ1n) is 7.06. The maximum absolute atomic E-state index is 11.6. The molecule has 0 saturated carbocycles. The quantitative estimate of drug-likeness (QED) is 0.861. The zero-order valence-electron chi connectivity index (χ0n) is 12.4. The van der Waals surface area contributed by atoms with Gasteiger partial charge < -0.3 is 19.3 Å². The third kappa shape index (κ3) is 2.86. The van der Waals surface area contributed by atoms with E-state index in [1.165, 1.54) is 7.11 Å². The van der Waals surface area contributed by atoms with E-state index in [-0.39, 0.29) is 12.1 Å². The molecule has 1 aromatic carbocycles. The molecule has 0 radical (unpaired) electrons. The molecule has 0 aliphatic carbocycles. The summed E-state index contributed by atoms with van der Waals surface area (Å²) in [6.07, 6.45) is -0.0385. The van der Waals surface area contributed by atoms with Crippen molar-refractivity contribution in [3.63, 3.8) is 0 Å². The molecule has 0 spiro atoms. The fraction of sp³-hybridized carbons (Fsp3) is 0.400. The van der Waals surface area contributed by atoms with E-state index in [9.17, 15) is 4.79 Å². The summed E-state index contributed by atoms with van der Waals surface area (Å²) >= 11 is 0. The monoisotopic (exact) mass is 303 g/mol. The third-order valence-electron chi connectivity index (χ3n) is 3.57. The van der Waals surface area contributed by atoms with Gasteiger partial charge in [0.25, 0.3) is 0 Å². The molecule has 1 aromatic heterocycles. The summed E-state index contributed by atoms with van der Waals surface area (Å²) in [6.45, 7) is 3.36. The first kappa shape index (κ1) is 14.7. The molecule has 0 amide bonds. The molecule has 2 atom stereocenters. The van der Waals surface area contributed by atoms with Gasteiger partial charge in [-0.1, -0.05) is 17.3 Å². The van der Waals surface area contributed by atoms with Gasteiger partial charge in [0, 0.05) is 12.1 Å². The van der Waals surface area contributed by atoms with Gasteiger partial charge in [-0.15, -0.1) is 0 Å². The van der Waals surface area contributed by atoms with E-state index in [0.717, 1.165) is 6.54 Å². The number of morpholine rings is 1. The van der Waals surface area contributed by atoms with Crippen molar-refractivity contribution < 1.29 is 18.8 Å². The van der Waals surface area contributed by atoms with Crippen molar-refractivity contribution in [1.82, 2.24) is 15.5 Å². The van der Waals surface area contributed by atoms with E-state index in [1.54, 1.807) is 18.2 Å². The predicted octanol–water partition coefficient (Wildman–Crippen LogP) is 1.57. The highest BCUT2D eigenvalue weighted by Crippen LogP contribution is 2.24. The molecule has 1 fully saturated rings. The number of ether oxygens (including phenoxy) is 2. The van der Waals surface area contributed by atoms with Crippen molar-refractivity contribution in [2.24, 2.45) is 0 Å². The summed E-state index contributed by atoms with van der Waals surface area (Å²) in [6, 6.07) is 6.79. The van der Waals surface area contributed by atoms with Crippen LogP contribution in [0, 0.1) is 0 Å². The molecule has 22 heavy (non-hydrogen) atoms. The maximum atomic E-state index is 11.6. The van der Waals surface area contributed by atoms with Gasteiger partial charge in [0.2, 0.25) is 11.7 Å². The summed E-state index contributed by atoms with van der Waals surface area (Å²) in [5, 5.41) is 7.28. The Morgan fingerprint density at radius 3 is 3.09 bits per heavy atom. The number of benzene rings is 1. The van der Waals surface area contributed by atoms with E-state index < -0.39 is 5.97 Å². The number of rotatable bonds is 3. The number of carbonyl (C=O) groups excluding carboxylic acids is 1. The van der Waals surface area contributed by atoms with Crippen LogP contribution in [-0.4, -0.2) is 42.5 Å². The minimum atomic E-state index is -0.401. The van der Waals surface area contributed by atoms with Gasteiger partial charge in [0.1, 0.15) is 6.04 Å². The summed E-state index contributed by atoms with van der Waals surface area (Å²) in [5.41, 5.74) is 1.14. The zero-order valence-corrected chi connectivity index (χ0v) is 12.4. The molecule has 2 aromatic rings. The highest BCUT2D eigenvalue weighted by atomic mass is 16.5. The Bertz CT molecular complexity index is 670. The van der Waals surface area contributed by atoms with Crippen LogP contribution < -0.4 is 5.32 Å². The zero-order chi connectivity index (χ0) is 15.5. The number of aromatic nitrogens is 2. The summed E-state index contributed by atoms with van der Waals surface area (Å²) in [4.78, 5) is 16.0. The van der Waals surface area contributed by atoms with Gasteiger partial charge >= 0.3 is 5.97 Å². The van der Waals surface area contributed by atoms with E-state index >= 15 is 0 Å². The first-order chi connectivity index (χ1) is 10.7. The van der Waals surface area contributed by atoms with Crippen LogP contribution in [-0.2, 0) is 9.47 Å². The summed E-state index contributed by atoms with van der Waals surface area (Å²) in [7, 11) is 1.34. The number of hydrogen-bond acceptors (Lipinski definition) is 7. The molecule has 2 heterocycles. The Hall–Kier alpha value is -2.25. The van der Waals surface area contributed by atoms with Gasteiger partial charge in [-0.05, 0) is 19.1 Å². The minimum Gasteiger partial charge on any atom is -0.465 e. The summed E-state index contributed by atoms with van der Waals surface area (Å²) < 4.78 is 15.6. The van der Waals surface area contributed by atoms with Gasteiger partial charge in [-0.2, -0.15) is 4.98 Å². The Kier molecular flexibility index (Phi) is 4.17. The van der Waals surface area contributed by atoms with Crippen LogP contribution in [0.5, 0.6) is 0 Å². The highest BCUT2D eigenvalue weighted by Gasteiger charge is 2.28. The lowest BCUT2D eigenvalue weighted by Gasteiger charge is -2.27. The van der Waals surface area contributed by atoms with Gasteiger partial charge in [0.05, 0.1) is 25.4 Å². The third-order valence-corrected chi connectivity index (χ3v) is 3.57. The second-order valence-corrected chi connectivity index (χ2v) is 5.04. The number of nitrogens with one attached hydrogen (secondary N) is 1. The Morgan fingerprint density at radius 2 is 2.32 bits per heavy atom. The second-order valence-electron chi connectivity index (χ2n) is 5.04. The van der Waals surface area contributed by atoms with Crippen LogP contribution in [0.15, 0.2) is 28.8 Å². The Balaban J connectivity index is 1.86. The standard InChI is InChI=1S/C15H17N3O4/c1-9-12(16-6-7-21-9)14-17-13(18-22-14)10-4-3-5-11(8-10)15(19)20-2/h3-5,8-9,12,16H,6-7H2,1-2H3/t9-,12+/m1/s1. The van der Waals surface area contributed by atoms with Crippen LogP contribution in [0.4, 0.5) is 0 Å². The molecule has 0 unspecified atom stereocenters. The van der Waals surface area contributed by atoms with Crippen molar-refractivity contribution >= 4 is 5.97 Å². The smallest absolute Gasteiger partial charge is 0.337 e.